The summed E-state index contributed by atoms with van der Waals surface area (Å²) < 4.78 is 0. The molecule has 1 nitrogen and oxygen atoms in total. The first-order valence-corrected chi connectivity index (χ1v) is 5.71. The minimum absolute atomic E-state index is 0.301. The number of allylic oxidation sites excluding steroid dienone is 1. The summed E-state index contributed by atoms with van der Waals surface area (Å²) in [5, 5.41) is 8.91. The van der Waals surface area contributed by atoms with Crippen molar-refractivity contribution in [2.24, 2.45) is 5.92 Å². The van der Waals surface area contributed by atoms with Crippen LogP contribution < -0.4 is 0 Å². The van der Waals surface area contributed by atoms with E-state index in [0.717, 1.165) is 12.8 Å². The molecule has 0 saturated carbocycles. The zero-order valence-electron chi connectivity index (χ0n) is 9.19. The second-order valence-corrected chi connectivity index (χ2v) is 4.32. The fourth-order valence-electron chi connectivity index (χ4n) is 2.40. The van der Waals surface area contributed by atoms with E-state index in [2.05, 4.69) is 43.3 Å². The first-order valence-electron chi connectivity index (χ1n) is 5.71. The molecule has 0 aliphatic heterocycles. The number of aliphatic hydroxyl groups excluding tert-OH is 1. The molecule has 0 aromatic heterocycles. The van der Waals surface area contributed by atoms with Crippen LogP contribution in [0.2, 0.25) is 0 Å². The minimum Gasteiger partial charge on any atom is -0.396 e. The lowest BCUT2D eigenvalue weighted by Crippen LogP contribution is -2.13. The Morgan fingerprint density at radius 3 is 2.87 bits per heavy atom. The van der Waals surface area contributed by atoms with Crippen LogP contribution in [0.5, 0.6) is 0 Å². The first-order chi connectivity index (χ1) is 7.33. The van der Waals surface area contributed by atoms with Crippen molar-refractivity contribution in [3.8, 4) is 0 Å². The Morgan fingerprint density at radius 2 is 2.07 bits per heavy atom. The van der Waals surface area contributed by atoms with Gasteiger partial charge in [-0.05, 0) is 35.8 Å². The average molecular weight is 202 g/mol. The molecule has 1 aliphatic rings. The fraction of sp³-hybridized carbons (Fsp3) is 0.429. The zero-order valence-corrected chi connectivity index (χ0v) is 9.19. The molecule has 1 aromatic rings. The summed E-state index contributed by atoms with van der Waals surface area (Å²) in [5.41, 5.74) is 2.79. The van der Waals surface area contributed by atoms with Gasteiger partial charge in [-0.2, -0.15) is 0 Å². The van der Waals surface area contributed by atoms with Gasteiger partial charge in [-0.1, -0.05) is 43.3 Å². The molecule has 0 spiro atoms. The molecule has 0 heterocycles. The van der Waals surface area contributed by atoms with Crippen molar-refractivity contribution in [1.82, 2.24) is 0 Å². The molecular formula is C14H18O. The van der Waals surface area contributed by atoms with Gasteiger partial charge >= 0.3 is 0 Å². The summed E-state index contributed by atoms with van der Waals surface area (Å²) in [6, 6.07) is 8.58. The third kappa shape index (κ3) is 2.13. The molecule has 0 bridgehead atoms. The molecular weight excluding hydrogens is 184 g/mol. The number of hydrogen-bond acceptors (Lipinski definition) is 1. The Kier molecular flexibility index (Phi) is 3.22. The highest BCUT2D eigenvalue weighted by atomic mass is 16.2. The Hall–Kier alpha value is -1.08. The van der Waals surface area contributed by atoms with Gasteiger partial charge in [0.15, 0.2) is 0 Å². The van der Waals surface area contributed by atoms with Crippen LogP contribution in [0.15, 0.2) is 30.3 Å². The summed E-state index contributed by atoms with van der Waals surface area (Å²) in [7, 11) is 0. The standard InChI is InChI=1S/C14H18O/c1-11-8-9-12-5-2-3-6-14(12)13(11)7-4-10-15/h2-3,5-6,8-9,11,13,15H,4,7,10H2,1H3. The predicted octanol–water partition coefficient (Wildman–Crippen LogP) is 3.21. The van der Waals surface area contributed by atoms with Crippen LogP contribution in [0.1, 0.15) is 36.8 Å². The van der Waals surface area contributed by atoms with Crippen molar-refractivity contribution in [3.63, 3.8) is 0 Å². The van der Waals surface area contributed by atoms with E-state index in [1.807, 2.05) is 0 Å². The van der Waals surface area contributed by atoms with E-state index in [0.29, 0.717) is 18.4 Å². The molecule has 1 heteroatoms. The molecule has 0 fully saturated rings. The van der Waals surface area contributed by atoms with Gasteiger partial charge in [0.2, 0.25) is 0 Å². The Balaban J connectivity index is 2.26. The lowest BCUT2D eigenvalue weighted by atomic mass is 9.78. The molecule has 0 radical (unpaired) electrons. The number of fused-ring (bicyclic) bond motifs is 1. The van der Waals surface area contributed by atoms with E-state index in [1.54, 1.807) is 0 Å². The zero-order chi connectivity index (χ0) is 10.7. The van der Waals surface area contributed by atoms with Gasteiger partial charge in [-0.15, -0.1) is 0 Å². The summed E-state index contributed by atoms with van der Waals surface area (Å²) >= 11 is 0. The lowest BCUT2D eigenvalue weighted by molar-refractivity contribution is 0.275. The highest BCUT2D eigenvalue weighted by molar-refractivity contribution is 5.58. The maximum absolute atomic E-state index is 8.91. The Bertz CT molecular complexity index is 354. The van der Waals surface area contributed by atoms with Crippen LogP contribution in [0.4, 0.5) is 0 Å². The largest absolute Gasteiger partial charge is 0.396 e. The maximum atomic E-state index is 8.91. The van der Waals surface area contributed by atoms with Crippen LogP contribution in [0, 0.1) is 5.92 Å². The van der Waals surface area contributed by atoms with Crippen molar-refractivity contribution >= 4 is 6.08 Å². The smallest absolute Gasteiger partial charge is 0.0431 e. The molecule has 1 aliphatic carbocycles. The van der Waals surface area contributed by atoms with Gasteiger partial charge in [0.25, 0.3) is 0 Å². The summed E-state index contributed by atoms with van der Waals surface area (Å²) in [6.45, 7) is 2.56. The molecule has 80 valence electrons. The van der Waals surface area contributed by atoms with Crippen molar-refractivity contribution in [2.45, 2.75) is 25.7 Å². The predicted molar refractivity (Wildman–Crippen MR) is 63.7 cm³/mol. The van der Waals surface area contributed by atoms with E-state index in [-0.39, 0.29) is 0 Å². The number of aliphatic hydroxyl groups is 1. The van der Waals surface area contributed by atoms with Crippen LogP contribution >= 0.6 is 0 Å². The van der Waals surface area contributed by atoms with E-state index in [9.17, 15) is 0 Å². The van der Waals surface area contributed by atoms with Gasteiger partial charge in [-0.3, -0.25) is 0 Å². The highest BCUT2D eigenvalue weighted by Crippen LogP contribution is 2.36. The molecule has 1 N–H and O–H groups in total. The van der Waals surface area contributed by atoms with Gasteiger partial charge < -0.3 is 5.11 Å². The van der Waals surface area contributed by atoms with E-state index < -0.39 is 0 Å². The topological polar surface area (TPSA) is 20.2 Å². The summed E-state index contributed by atoms with van der Waals surface area (Å²) in [4.78, 5) is 0. The van der Waals surface area contributed by atoms with Crippen molar-refractivity contribution in [1.29, 1.82) is 0 Å². The van der Waals surface area contributed by atoms with Crippen LogP contribution in [-0.4, -0.2) is 11.7 Å². The average Bonchev–Trinajstić information content (AvgIpc) is 2.28. The summed E-state index contributed by atoms with van der Waals surface area (Å²) in [5.74, 6) is 1.17. The van der Waals surface area contributed by atoms with Gasteiger partial charge in [0.05, 0.1) is 0 Å². The third-order valence-electron chi connectivity index (χ3n) is 3.28. The van der Waals surface area contributed by atoms with E-state index in [1.165, 1.54) is 11.1 Å². The molecule has 1 aromatic carbocycles. The number of rotatable bonds is 3. The van der Waals surface area contributed by atoms with Crippen LogP contribution in [0.25, 0.3) is 6.08 Å². The van der Waals surface area contributed by atoms with E-state index in [4.69, 9.17) is 5.11 Å². The second-order valence-electron chi connectivity index (χ2n) is 4.32. The van der Waals surface area contributed by atoms with Gasteiger partial charge in [-0.25, -0.2) is 0 Å². The Labute approximate surface area is 91.4 Å². The first kappa shape index (κ1) is 10.4. The molecule has 2 atom stereocenters. The molecule has 2 rings (SSSR count). The summed E-state index contributed by atoms with van der Waals surface area (Å²) in [6.07, 6.45) is 6.48. The lowest BCUT2D eigenvalue weighted by Gasteiger charge is -2.27. The minimum atomic E-state index is 0.301. The maximum Gasteiger partial charge on any atom is 0.0431 e. The van der Waals surface area contributed by atoms with Crippen LogP contribution in [-0.2, 0) is 0 Å². The highest BCUT2D eigenvalue weighted by Gasteiger charge is 2.21. The molecule has 0 amide bonds. The third-order valence-corrected chi connectivity index (χ3v) is 3.28. The number of hydrogen-bond donors (Lipinski definition) is 1. The fourth-order valence-corrected chi connectivity index (χ4v) is 2.40. The Morgan fingerprint density at radius 1 is 1.27 bits per heavy atom. The van der Waals surface area contributed by atoms with Crippen molar-refractivity contribution in [2.75, 3.05) is 6.61 Å². The van der Waals surface area contributed by atoms with Crippen molar-refractivity contribution < 1.29 is 5.11 Å². The van der Waals surface area contributed by atoms with Crippen LogP contribution in [0.3, 0.4) is 0 Å². The monoisotopic (exact) mass is 202 g/mol. The molecule has 15 heavy (non-hydrogen) atoms. The molecule has 2 unspecified atom stereocenters. The van der Waals surface area contributed by atoms with Crippen molar-refractivity contribution in [3.05, 3.63) is 41.5 Å². The SMILES string of the molecule is CC1C=Cc2ccccc2C1CCCO. The second kappa shape index (κ2) is 4.63. The normalized spacial score (nSPS) is 23.9. The number of benzene rings is 1. The van der Waals surface area contributed by atoms with Gasteiger partial charge in [0.1, 0.15) is 0 Å². The quantitative estimate of drug-likeness (QED) is 0.798. The van der Waals surface area contributed by atoms with E-state index >= 15 is 0 Å². The van der Waals surface area contributed by atoms with Gasteiger partial charge in [0, 0.05) is 6.61 Å². The molecule has 0 saturated heterocycles.